The highest BCUT2D eigenvalue weighted by Crippen LogP contribution is 2.33. The third kappa shape index (κ3) is 7.50. The molecule has 2 heterocycles. The molecule has 10 nitrogen and oxygen atoms in total. The molecule has 1 saturated heterocycles. The van der Waals surface area contributed by atoms with E-state index in [-0.39, 0.29) is 35.0 Å². The summed E-state index contributed by atoms with van der Waals surface area (Å²) in [7, 11) is 0. The first-order valence-electron chi connectivity index (χ1n) is 13.7. The van der Waals surface area contributed by atoms with Crippen LogP contribution in [0, 0.1) is 11.3 Å². The Morgan fingerprint density at radius 3 is 2.49 bits per heavy atom. The van der Waals surface area contributed by atoms with Crippen molar-refractivity contribution in [1.82, 2.24) is 20.1 Å². The maximum atomic E-state index is 12.8. The van der Waals surface area contributed by atoms with Gasteiger partial charge in [0.25, 0.3) is 0 Å². The number of amides is 3. The SMILES string of the molecule is CC(C)c1ccccc1N1C(=O)CSC1=NC(=O)NCC(C#N)c1ccc(-c2ncn(-c3ccc(OC(F)(F)F)cc3)n2)cc1. The summed E-state index contributed by atoms with van der Waals surface area (Å²) in [4.78, 5) is 35.3. The van der Waals surface area contributed by atoms with E-state index in [4.69, 9.17) is 0 Å². The molecule has 0 bridgehead atoms. The van der Waals surface area contributed by atoms with Gasteiger partial charge < -0.3 is 10.1 Å². The number of hydrogen-bond donors (Lipinski definition) is 1. The van der Waals surface area contributed by atoms with Crippen LogP contribution in [0.3, 0.4) is 0 Å². The number of urea groups is 1. The van der Waals surface area contributed by atoms with Crippen LogP contribution in [0.2, 0.25) is 0 Å². The number of aliphatic imine (C=N–C) groups is 1. The summed E-state index contributed by atoms with van der Waals surface area (Å²) < 4.78 is 42.5. The zero-order chi connectivity index (χ0) is 32.1. The molecule has 230 valence electrons. The van der Waals surface area contributed by atoms with Crippen LogP contribution in [0.15, 0.2) is 84.1 Å². The number of rotatable bonds is 8. The zero-order valence-electron chi connectivity index (χ0n) is 24.0. The van der Waals surface area contributed by atoms with Crippen LogP contribution in [0.1, 0.15) is 36.8 Å². The van der Waals surface area contributed by atoms with Crippen LogP contribution in [0.4, 0.5) is 23.7 Å². The van der Waals surface area contributed by atoms with Gasteiger partial charge in [0, 0.05) is 12.1 Å². The van der Waals surface area contributed by atoms with E-state index in [0.29, 0.717) is 28.3 Å². The van der Waals surface area contributed by atoms with Crippen molar-refractivity contribution in [1.29, 1.82) is 5.26 Å². The van der Waals surface area contributed by atoms with Crippen LogP contribution in [-0.4, -0.2) is 50.5 Å². The number of carbonyl (C=O) groups excluding carboxylic acids is 2. The van der Waals surface area contributed by atoms with Gasteiger partial charge in [-0.05, 0) is 47.4 Å². The van der Waals surface area contributed by atoms with E-state index in [0.717, 1.165) is 5.56 Å². The molecule has 1 aliphatic heterocycles. The van der Waals surface area contributed by atoms with E-state index >= 15 is 0 Å². The van der Waals surface area contributed by atoms with Gasteiger partial charge in [-0.1, -0.05) is 68.1 Å². The first-order chi connectivity index (χ1) is 21.5. The summed E-state index contributed by atoms with van der Waals surface area (Å²) in [5, 5.41) is 17.1. The van der Waals surface area contributed by atoms with Crippen LogP contribution in [0.5, 0.6) is 5.75 Å². The Kier molecular flexibility index (Phi) is 9.19. The molecule has 0 spiro atoms. The summed E-state index contributed by atoms with van der Waals surface area (Å²) in [5.41, 5.74) is 3.43. The molecule has 0 saturated carbocycles. The number of hydrogen-bond acceptors (Lipinski definition) is 7. The molecule has 45 heavy (non-hydrogen) atoms. The Labute approximate surface area is 260 Å². The minimum absolute atomic E-state index is 0.00637. The molecular weight excluding hydrogens is 607 g/mol. The number of anilines is 1. The van der Waals surface area contributed by atoms with Gasteiger partial charge in [0.1, 0.15) is 12.1 Å². The maximum Gasteiger partial charge on any atom is 0.573 e. The normalized spacial score (nSPS) is 14.9. The summed E-state index contributed by atoms with van der Waals surface area (Å²) in [6, 6.07) is 21.1. The van der Waals surface area contributed by atoms with Crippen LogP contribution in [-0.2, 0) is 4.79 Å². The van der Waals surface area contributed by atoms with Crippen molar-refractivity contribution in [3.63, 3.8) is 0 Å². The second-order valence-electron chi connectivity index (χ2n) is 10.2. The lowest BCUT2D eigenvalue weighted by molar-refractivity contribution is -0.274. The molecular formula is C31H26F3N7O3S. The molecule has 5 rings (SSSR count). The smallest absolute Gasteiger partial charge is 0.406 e. The largest absolute Gasteiger partial charge is 0.573 e. The minimum atomic E-state index is -4.78. The number of aromatic nitrogens is 3. The van der Waals surface area contributed by atoms with Gasteiger partial charge in [-0.15, -0.1) is 18.3 Å². The summed E-state index contributed by atoms with van der Waals surface area (Å²) in [5.74, 6) is -0.500. The molecule has 3 amide bonds. The number of nitrogens with one attached hydrogen (secondary N) is 1. The molecule has 1 unspecified atom stereocenters. The molecule has 0 radical (unpaired) electrons. The Morgan fingerprint density at radius 2 is 1.82 bits per heavy atom. The number of nitrogens with zero attached hydrogens (tertiary/aromatic N) is 6. The molecule has 1 N–H and O–H groups in total. The quantitative estimate of drug-likeness (QED) is 0.238. The van der Waals surface area contributed by atoms with E-state index in [9.17, 15) is 28.0 Å². The highest BCUT2D eigenvalue weighted by Gasteiger charge is 2.32. The van der Waals surface area contributed by atoms with Crippen molar-refractivity contribution < 1.29 is 27.5 Å². The van der Waals surface area contributed by atoms with Crippen molar-refractivity contribution in [2.24, 2.45) is 4.99 Å². The van der Waals surface area contributed by atoms with Gasteiger partial charge in [-0.25, -0.2) is 14.5 Å². The molecule has 4 aromatic rings. The standard InChI is InChI=1S/C31H26F3N7O3S/c1-19(2)25-5-3-4-6-26(25)41-27(42)17-45-30(41)38-29(43)36-16-22(15-35)20-7-9-21(10-8-20)28-37-18-40(39-28)23-11-13-24(14-12-23)44-31(32,33)34/h3-14,18-19,22H,16-17H2,1-2H3,(H,36,43). The van der Waals surface area contributed by atoms with Crippen molar-refractivity contribution in [3.05, 3.63) is 90.3 Å². The van der Waals surface area contributed by atoms with Crippen molar-refractivity contribution in [3.8, 4) is 28.9 Å². The highest BCUT2D eigenvalue weighted by molar-refractivity contribution is 8.15. The second kappa shape index (κ2) is 13.2. The third-order valence-corrected chi connectivity index (χ3v) is 7.70. The average molecular weight is 634 g/mol. The highest BCUT2D eigenvalue weighted by atomic mass is 32.2. The number of thioether (sulfide) groups is 1. The number of halogens is 3. The van der Waals surface area contributed by atoms with Crippen LogP contribution in [0.25, 0.3) is 17.1 Å². The minimum Gasteiger partial charge on any atom is -0.406 e. The summed E-state index contributed by atoms with van der Waals surface area (Å²) in [6.07, 6.45) is -3.35. The lowest BCUT2D eigenvalue weighted by Gasteiger charge is -2.21. The van der Waals surface area contributed by atoms with Gasteiger partial charge in [-0.2, -0.15) is 10.3 Å². The lowest BCUT2D eigenvalue weighted by atomic mass is 9.99. The fourth-order valence-corrected chi connectivity index (χ4v) is 5.46. The molecule has 0 aliphatic carbocycles. The third-order valence-electron chi connectivity index (χ3n) is 6.77. The molecule has 1 atom stereocenters. The van der Waals surface area contributed by atoms with E-state index < -0.39 is 18.3 Å². The van der Waals surface area contributed by atoms with Gasteiger partial charge in [-0.3, -0.25) is 9.69 Å². The van der Waals surface area contributed by atoms with Gasteiger partial charge in [0.2, 0.25) is 5.91 Å². The van der Waals surface area contributed by atoms with Gasteiger partial charge in [0.15, 0.2) is 11.0 Å². The number of nitriles is 1. The summed E-state index contributed by atoms with van der Waals surface area (Å²) >= 11 is 1.18. The Balaban J connectivity index is 1.22. The molecule has 1 fully saturated rings. The second-order valence-corrected chi connectivity index (χ2v) is 11.1. The predicted octanol–water partition coefficient (Wildman–Crippen LogP) is 6.41. The van der Waals surface area contributed by atoms with Gasteiger partial charge >= 0.3 is 12.4 Å². The molecule has 1 aliphatic rings. The number of carbonyl (C=O) groups is 2. The number of ether oxygens (including phenoxy) is 1. The van der Waals surface area contributed by atoms with E-state index in [1.54, 1.807) is 24.3 Å². The number of benzene rings is 3. The molecule has 14 heteroatoms. The van der Waals surface area contributed by atoms with Crippen molar-refractivity contribution >= 4 is 34.6 Å². The van der Waals surface area contributed by atoms with Crippen LogP contribution < -0.4 is 15.0 Å². The summed E-state index contributed by atoms with van der Waals surface area (Å²) in [6.45, 7) is 4.04. The Bertz CT molecular complexity index is 1760. The maximum absolute atomic E-state index is 12.8. The fraction of sp³-hybridized carbons (Fsp3) is 0.226. The van der Waals surface area contributed by atoms with E-state index in [2.05, 4.69) is 31.2 Å². The van der Waals surface area contributed by atoms with Crippen molar-refractivity contribution in [2.75, 3.05) is 17.2 Å². The topological polar surface area (TPSA) is 126 Å². The Hall–Kier alpha value is -5.16. The number of alkyl halides is 3. The molecule has 3 aromatic carbocycles. The van der Waals surface area contributed by atoms with E-state index in [1.807, 2.05) is 38.1 Å². The fourth-order valence-electron chi connectivity index (χ4n) is 4.60. The van der Waals surface area contributed by atoms with Gasteiger partial charge in [0.05, 0.1) is 29.1 Å². The zero-order valence-corrected chi connectivity index (χ0v) is 24.8. The first-order valence-corrected chi connectivity index (χ1v) is 14.7. The first kappa shape index (κ1) is 31.3. The number of amidine groups is 1. The average Bonchev–Trinajstić information content (AvgIpc) is 3.64. The lowest BCUT2D eigenvalue weighted by Crippen LogP contribution is -2.33. The van der Waals surface area contributed by atoms with E-state index in [1.165, 1.54) is 51.9 Å². The Morgan fingerprint density at radius 1 is 1.11 bits per heavy atom. The predicted molar refractivity (Wildman–Crippen MR) is 163 cm³/mol. The number of para-hydroxylation sites is 1. The van der Waals surface area contributed by atoms with Crippen molar-refractivity contribution in [2.45, 2.75) is 32.0 Å². The monoisotopic (exact) mass is 633 g/mol. The molecule has 1 aromatic heterocycles. The van der Waals surface area contributed by atoms with Crippen LogP contribution >= 0.6 is 11.8 Å².